The van der Waals surface area contributed by atoms with Crippen molar-refractivity contribution in [3.63, 3.8) is 0 Å². The van der Waals surface area contributed by atoms with E-state index in [1.54, 1.807) is 12.1 Å². The number of likely N-dealkylation sites (tertiary alicyclic amines) is 1. The minimum atomic E-state index is -0.287. The number of hydrogen-bond acceptors (Lipinski definition) is 3. The van der Waals surface area contributed by atoms with Crippen molar-refractivity contribution >= 4 is 35.5 Å². The molecule has 124 valence electrons. The van der Waals surface area contributed by atoms with Crippen LogP contribution >= 0.6 is 11.6 Å². The Kier molecular flexibility index (Phi) is 6.06. The predicted octanol–water partition coefficient (Wildman–Crippen LogP) is -0.0814. The van der Waals surface area contributed by atoms with E-state index in [1.807, 2.05) is 6.92 Å². The van der Waals surface area contributed by atoms with Gasteiger partial charge in [0.1, 0.15) is 5.82 Å². The number of hydrogen-bond donors (Lipinski definition) is 3. The molecule has 0 aliphatic carbocycles. The fraction of sp³-hybridized carbons (Fsp3) is 0.467. The van der Waals surface area contributed by atoms with E-state index >= 15 is 0 Å². The first-order valence-electron chi connectivity index (χ1n) is 7.54. The standard InChI is InChI=1S/C15H21ClN6O/c1-10(15(23)21-13-5-4-12(16)7-19-13)22-6-2-3-11(8-22)14(18)20-9-17/h4-5,7,9-11H,2-3,6,8H2,1H3,(H3,17,18,20)(H,19,21,23)/p+1/t10-,11?/m0/s1. The maximum absolute atomic E-state index is 12.4. The number of rotatable bonds is 4. The first-order valence-corrected chi connectivity index (χ1v) is 7.92. The maximum atomic E-state index is 12.4. The molecule has 0 saturated carbocycles. The van der Waals surface area contributed by atoms with Crippen LogP contribution in [0.4, 0.5) is 5.82 Å². The number of aromatic nitrogens is 1. The van der Waals surface area contributed by atoms with Crippen molar-refractivity contribution in [3.8, 4) is 0 Å². The number of nitrogens with zero attached hydrogens (tertiary/aromatic N) is 3. The van der Waals surface area contributed by atoms with Gasteiger partial charge in [-0.15, -0.1) is 0 Å². The molecular formula is C15H22ClN6O+. The smallest absolute Gasteiger partial charge is 0.295 e. The van der Waals surface area contributed by atoms with Gasteiger partial charge in [-0.25, -0.2) is 4.98 Å². The van der Waals surface area contributed by atoms with Crippen LogP contribution in [0.15, 0.2) is 23.3 Å². The van der Waals surface area contributed by atoms with Crippen LogP contribution in [0.25, 0.3) is 0 Å². The molecule has 7 nitrogen and oxygen atoms in total. The lowest BCUT2D eigenvalue weighted by Crippen LogP contribution is -2.53. The number of halogens is 1. The van der Waals surface area contributed by atoms with E-state index in [2.05, 4.69) is 20.2 Å². The average molecular weight is 338 g/mol. The number of anilines is 1. The summed E-state index contributed by atoms with van der Waals surface area (Å²) in [6.07, 6.45) is 4.62. The Balaban J connectivity index is 1.95. The topological polar surface area (TPSA) is 109 Å². The zero-order valence-corrected chi connectivity index (χ0v) is 13.8. The van der Waals surface area contributed by atoms with Gasteiger partial charge in [-0.1, -0.05) is 11.6 Å². The zero-order valence-electron chi connectivity index (χ0n) is 13.1. The van der Waals surface area contributed by atoms with Gasteiger partial charge in [0.05, 0.1) is 17.0 Å². The SMILES string of the molecule is C[C@@H](C(=O)Nc1ccc(Cl)cn1)N1CCCC(C(=[NH2+])N=CN)C1. The summed E-state index contributed by atoms with van der Waals surface area (Å²) in [7, 11) is 0. The van der Waals surface area contributed by atoms with Gasteiger partial charge in [0, 0.05) is 12.7 Å². The lowest BCUT2D eigenvalue weighted by Gasteiger charge is -2.34. The van der Waals surface area contributed by atoms with Gasteiger partial charge in [-0.2, -0.15) is 0 Å². The van der Waals surface area contributed by atoms with Gasteiger partial charge in [0.15, 0.2) is 0 Å². The number of aliphatic imine (C=N–C) groups is 1. The molecule has 1 aromatic rings. The third-order valence-corrected chi connectivity index (χ3v) is 4.22. The van der Waals surface area contributed by atoms with E-state index in [0.717, 1.165) is 19.4 Å². The number of nitrogens with one attached hydrogen (secondary N) is 1. The van der Waals surface area contributed by atoms with E-state index < -0.39 is 0 Å². The van der Waals surface area contributed by atoms with E-state index in [4.69, 9.17) is 22.7 Å². The summed E-state index contributed by atoms with van der Waals surface area (Å²) in [6.45, 7) is 3.40. The van der Waals surface area contributed by atoms with Crippen LogP contribution in [0, 0.1) is 5.92 Å². The Bertz CT molecular complexity index is 588. The quantitative estimate of drug-likeness (QED) is 0.527. The van der Waals surface area contributed by atoms with Crippen molar-refractivity contribution in [1.82, 2.24) is 9.88 Å². The molecule has 0 spiro atoms. The molecule has 8 heteroatoms. The lowest BCUT2D eigenvalue weighted by atomic mass is 9.95. The van der Waals surface area contributed by atoms with Crippen LogP contribution in [-0.4, -0.2) is 47.1 Å². The number of carbonyl (C=O) groups excluding carboxylic acids is 1. The van der Waals surface area contributed by atoms with E-state index in [0.29, 0.717) is 23.2 Å². The monoisotopic (exact) mass is 337 g/mol. The Morgan fingerprint density at radius 3 is 3.09 bits per heavy atom. The van der Waals surface area contributed by atoms with Gasteiger partial charge in [-0.05, 0) is 43.4 Å². The van der Waals surface area contributed by atoms with Crippen LogP contribution in [0.2, 0.25) is 5.02 Å². The highest BCUT2D eigenvalue weighted by Gasteiger charge is 2.31. The van der Waals surface area contributed by atoms with Crippen molar-refractivity contribution < 1.29 is 10.2 Å². The summed E-state index contributed by atoms with van der Waals surface area (Å²) in [5.74, 6) is 1.01. The zero-order chi connectivity index (χ0) is 16.8. The molecule has 1 amide bonds. The molecular weight excluding hydrogens is 316 g/mol. The second-order valence-corrected chi connectivity index (χ2v) is 6.00. The number of nitrogens with two attached hydrogens (primary N) is 2. The van der Waals surface area contributed by atoms with Crippen molar-refractivity contribution in [2.24, 2.45) is 16.6 Å². The van der Waals surface area contributed by atoms with Crippen LogP contribution in [0.3, 0.4) is 0 Å². The molecule has 5 N–H and O–H groups in total. The fourth-order valence-corrected chi connectivity index (χ4v) is 2.75. The molecule has 0 radical (unpaired) electrons. The Morgan fingerprint density at radius 2 is 2.43 bits per heavy atom. The summed E-state index contributed by atoms with van der Waals surface area (Å²) < 4.78 is 0. The Labute approximate surface area is 140 Å². The summed E-state index contributed by atoms with van der Waals surface area (Å²) in [5.41, 5.74) is 5.29. The van der Waals surface area contributed by atoms with Crippen molar-refractivity contribution in [2.45, 2.75) is 25.8 Å². The first-order chi connectivity index (χ1) is 11.0. The molecule has 2 heterocycles. The van der Waals surface area contributed by atoms with Gasteiger partial charge in [0.2, 0.25) is 12.2 Å². The lowest BCUT2D eigenvalue weighted by molar-refractivity contribution is -0.126. The average Bonchev–Trinajstić information content (AvgIpc) is 2.56. The summed E-state index contributed by atoms with van der Waals surface area (Å²) >= 11 is 5.79. The van der Waals surface area contributed by atoms with Gasteiger partial charge >= 0.3 is 0 Å². The van der Waals surface area contributed by atoms with Crippen molar-refractivity contribution in [2.75, 3.05) is 18.4 Å². The number of amidine groups is 1. The minimum absolute atomic E-state index is 0.110. The van der Waals surface area contributed by atoms with Crippen LogP contribution in [-0.2, 0) is 4.79 Å². The minimum Gasteiger partial charge on any atom is -0.369 e. The highest BCUT2D eigenvalue weighted by atomic mass is 35.5. The van der Waals surface area contributed by atoms with Crippen molar-refractivity contribution in [3.05, 3.63) is 23.4 Å². The number of carbonyl (C=O) groups is 1. The normalized spacial score (nSPS) is 20.3. The summed E-state index contributed by atoms with van der Waals surface area (Å²) in [4.78, 5) is 22.5. The second-order valence-electron chi connectivity index (χ2n) is 5.56. The Hall–Kier alpha value is -1.99. The maximum Gasteiger partial charge on any atom is 0.295 e. The summed E-state index contributed by atoms with van der Waals surface area (Å²) in [5, 5.41) is 9.25. The van der Waals surface area contributed by atoms with Gasteiger partial charge < -0.3 is 11.1 Å². The summed E-state index contributed by atoms with van der Waals surface area (Å²) in [6, 6.07) is 3.07. The number of amides is 1. The second kappa shape index (κ2) is 8.03. The molecule has 23 heavy (non-hydrogen) atoms. The van der Waals surface area contributed by atoms with Crippen LogP contribution in [0.5, 0.6) is 0 Å². The molecule has 2 atom stereocenters. The van der Waals surface area contributed by atoms with Crippen molar-refractivity contribution in [1.29, 1.82) is 0 Å². The largest absolute Gasteiger partial charge is 0.369 e. The first kappa shape index (κ1) is 17.4. The Morgan fingerprint density at radius 1 is 1.65 bits per heavy atom. The van der Waals surface area contributed by atoms with Crippen LogP contribution < -0.4 is 16.5 Å². The molecule has 0 aromatic carbocycles. The molecule has 1 fully saturated rings. The predicted molar refractivity (Wildman–Crippen MR) is 91.2 cm³/mol. The molecule has 1 aromatic heterocycles. The molecule has 1 saturated heterocycles. The fourth-order valence-electron chi connectivity index (χ4n) is 2.64. The number of pyridine rings is 1. The van der Waals surface area contributed by atoms with E-state index in [1.165, 1.54) is 12.5 Å². The van der Waals surface area contributed by atoms with Gasteiger partial charge in [0.25, 0.3) is 5.84 Å². The van der Waals surface area contributed by atoms with Crippen LogP contribution in [0.1, 0.15) is 19.8 Å². The van der Waals surface area contributed by atoms with E-state index in [-0.39, 0.29) is 17.9 Å². The third kappa shape index (κ3) is 4.74. The highest BCUT2D eigenvalue weighted by molar-refractivity contribution is 6.30. The molecule has 1 unspecified atom stereocenters. The molecule has 0 bridgehead atoms. The number of piperidine rings is 1. The molecule has 1 aliphatic heterocycles. The molecule has 2 rings (SSSR count). The third-order valence-electron chi connectivity index (χ3n) is 4.00. The van der Waals surface area contributed by atoms with Gasteiger partial charge in [-0.3, -0.25) is 15.1 Å². The highest BCUT2D eigenvalue weighted by Crippen LogP contribution is 2.20. The van der Waals surface area contributed by atoms with E-state index in [9.17, 15) is 4.79 Å². The molecule has 1 aliphatic rings.